The quantitative estimate of drug-likeness (QED) is 0.796. The summed E-state index contributed by atoms with van der Waals surface area (Å²) in [7, 11) is 1.65. The molecule has 0 saturated heterocycles. The highest BCUT2D eigenvalue weighted by atomic mass is 32.1. The van der Waals surface area contributed by atoms with Crippen LogP contribution in [0.25, 0.3) is 11.4 Å². The van der Waals surface area contributed by atoms with Gasteiger partial charge in [-0.1, -0.05) is 12.1 Å². The van der Waals surface area contributed by atoms with Gasteiger partial charge in [0, 0.05) is 23.9 Å². The summed E-state index contributed by atoms with van der Waals surface area (Å²) in [6, 6.07) is 9.69. The Morgan fingerprint density at radius 2 is 2.29 bits per heavy atom. The number of thiophene rings is 1. The van der Waals surface area contributed by atoms with E-state index in [1.54, 1.807) is 18.4 Å². The van der Waals surface area contributed by atoms with Gasteiger partial charge >= 0.3 is 0 Å². The van der Waals surface area contributed by atoms with Crippen molar-refractivity contribution in [1.29, 1.82) is 0 Å². The van der Waals surface area contributed by atoms with E-state index < -0.39 is 0 Å². The predicted octanol–water partition coefficient (Wildman–Crippen LogP) is 3.35. The van der Waals surface area contributed by atoms with Gasteiger partial charge in [-0.2, -0.15) is 11.3 Å². The van der Waals surface area contributed by atoms with E-state index in [4.69, 9.17) is 9.72 Å². The van der Waals surface area contributed by atoms with Gasteiger partial charge in [0.15, 0.2) is 0 Å². The first-order valence-electron chi connectivity index (χ1n) is 7.78. The maximum absolute atomic E-state index is 12.5. The van der Waals surface area contributed by atoms with Crippen molar-refractivity contribution < 1.29 is 9.53 Å². The first-order valence-corrected chi connectivity index (χ1v) is 8.72. The van der Waals surface area contributed by atoms with Gasteiger partial charge < -0.3 is 14.6 Å². The Kier molecular flexibility index (Phi) is 3.82. The molecule has 1 aliphatic rings. The van der Waals surface area contributed by atoms with Crippen LogP contribution in [-0.2, 0) is 13.0 Å². The maximum atomic E-state index is 12.5. The Morgan fingerprint density at radius 1 is 1.38 bits per heavy atom. The summed E-state index contributed by atoms with van der Waals surface area (Å²) in [4.78, 5) is 22.5. The molecule has 0 bridgehead atoms. The zero-order valence-corrected chi connectivity index (χ0v) is 14.1. The van der Waals surface area contributed by atoms with E-state index in [9.17, 15) is 4.79 Å². The molecule has 0 aliphatic carbocycles. The van der Waals surface area contributed by atoms with E-state index in [-0.39, 0.29) is 5.91 Å². The van der Waals surface area contributed by atoms with Crippen LogP contribution >= 0.6 is 11.3 Å². The minimum absolute atomic E-state index is 0.0828. The van der Waals surface area contributed by atoms with Crippen LogP contribution in [0, 0.1) is 0 Å². The second-order valence-electron chi connectivity index (χ2n) is 5.73. The number of methoxy groups -OCH3 is 1. The van der Waals surface area contributed by atoms with E-state index >= 15 is 0 Å². The molecule has 1 N–H and O–H groups in total. The largest absolute Gasteiger partial charge is 0.497 e. The van der Waals surface area contributed by atoms with Gasteiger partial charge in [-0.25, -0.2) is 4.98 Å². The van der Waals surface area contributed by atoms with E-state index in [2.05, 4.69) is 4.98 Å². The van der Waals surface area contributed by atoms with Gasteiger partial charge in [-0.15, -0.1) is 0 Å². The predicted molar refractivity (Wildman–Crippen MR) is 93.3 cm³/mol. The number of aromatic nitrogens is 2. The highest BCUT2D eigenvalue weighted by Crippen LogP contribution is 2.26. The lowest BCUT2D eigenvalue weighted by molar-refractivity contribution is 0.0732. The molecular formula is C18H17N3O2S. The van der Waals surface area contributed by atoms with Crippen LogP contribution < -0.4 is 4.74 Å². The summed E-state index contributed by atoms with van der Waals surface area (Å²) >= 11 is 1.54. The van der Waals surface area contributed by atoms with Crippen molar-refractivity contribution in [3.05, 3.63) is 58.0 Å². The third kappa shape index (κ3) is 2.69. The summed E-state index contributed by atoms with van der Waals surface area (Å²) in [5.74, 6) is 1.71. The Balaban J connectivity index is 1.59. The van der Waals surface area contributed by atoms with Crippen LogP contribution in [0.15, 0.2) is 41.1 Å². The second kappa shape index (κ2) is 6.13. The number of hydrogen-bond acceptors (Lipinski definition) is 4. The number of carbonyl (C=O) groups excluding carboxylic acids is 1. The maximum Gasteiger partial charge on any atom is 0.255 e. The molecular weight excluding hydrogens is 322 g/mol. The molecule has 3 heterocycles. The third-order valence-electron chi connectivity index (χ3n) is 4.23. The fourth-order valence-electron chi connectivity index (χ4n) is 2.94. The van der Waals surface area contributed by atoms with Crippen molar-refractivity contribution >= 4 is 17.2 Å². The average molecular weight is 339 g/mol. The number of ether oxygens (including phenoxy) is 1. The summed E-state index contributed by atoms with van der Waals surface area (Å²) < 4.78 is 5.27. The number of H-pyrrole nitrogens is 1. The molecule has 0 saturated carbocycles. The van der Waals surface area contributed by atoms with Gasteiger partial charge in [0.1, 0.15) is 11.6 Å². The van der Waals surface area contributed by atoms with Crippen molar-refractivity contribution in [3.8, 4) is 17.1 Å². The Bertz CT molecular complexity index is 870. The summed E-state index contributed by atoms with van der Waals surface area (Å²) in [6.07, 6.45) is 0.770. The molecule has 4 rings (SSSR count). The number of carbonyl (C=O) groups is 1. The molecule has 1 aliphatic heterocycles. The van der Waals surface area contributed by atoms with Gasteiger partial charge in [-0.3, -0.25) is 4.79 Å². The van der Waals surface area contributed by atoms with Crippen molar-refractivity contribution in [2.24, 2.45) is 0 Å². The van der Waals surface area contributed by atoms with E-state index in [1.165, 1.54) is 0 Å². The van der Waals surface area contributed by atoms with E-state index in [0.29, 0.717) is 13.1 Å². The zero-order chi connectivity index (χ0) is 16.5. The van der Waals surface area contributed by atoms with Crippen LogP contribution in [0.2, 0.25) is 0 Å². The Hall–Kier alpha value is -2.60. The lowest BCUT2D eigenvalue weighted by Gasteiger charge is -2.25. The van der Waals surface area contributed by atoms with Crippen molar-refractivity contribution in [3.63, 3.8) is 0 Å². The average Bonchev–Trinajstić information content (AvgIpc) is 3.30. The lowest BCUT2D eigenvalue weighted by Crippen LogP contribution is -2.35. The van der Waals surface area contributed by atoms with Crippen LogP contribution in [0.3, 0.4) is 0 Å². The molecule has 3 aromatic rings. The van der Waals surface area contributed by atoms with Crippen LogP contribution in [0.4, 0.5) is 0 Å². The van der Waals surface area contributed by atoms with Gasteiger partial charge in [0.2, 0.25) is 0 Å². The normalized spacial score (nSPS) is 13.6. The number of aromatic amines is 1. The van der Waals surface area contributed by atoms with Crippen LogP contribution in [0.5, 0.6) is 5.75 Å². The smallest absolute Gasteiger partial charge is 0.255 e. The fourth-order valence-corrected chi connectivity index (χ4v) is 3.57. The fraction of sp³-hybridized carbons (Fsp3) is 0.222. The molecule has 122 valence electrons. The molecule has 2 aromatic heterocycles. The number of fused-ring (bicyclic) bond motifs is 1. The Morgan fingerprint density at radius 3 is 3.08 bits per heavy atom. The summed E-state index contributed by atoms with van der Waals surface area (Å²) in [6.45, 7) is 1.27. The monoisotopic (exact) mass is 339 g/mol. The van der Waals surface area contributed by atoms with Crippen molar-refractivity contribution in [2.45, 2.75) is 13.0 Å². The molecule has 0 fully saturated rings. The first kappa shape index (κ1) is 15.0. The number of imidazole rings is 1. The van der Waals surface area contributed by atoms with Crippen molar-refractivity contribution in [1.82, 2.24) is 14.9 Å². The van der Waals surface area contributed by atoms with Crippen LogP contribution in [-0.4, -0.2) is 34.4 Å². The molecule has 5 nitrogen and oxygen atoms in total. The molecule has 6 heteroatoms. The van der Waals surface area contributed by atoms with Crippen molar-refractivity contribution in [2.75, 3.05) is 13.7 Å². The molecule has 1 aromatic carbocycles. The van der Waals surface area contributed by atoms with E-state index in [0.717, 1.165) is 40.5 Å². The minimum atomic E-state index is 0.0828. The molecule has 24 heavy (non-hydrogen) atoms. The first-order chi connectivity index (χ1) is 11.7. The molecule has 1 amide bonds. The van der Waals surface area contributed by atoms with Gasteiger partial charge in [-0.05, 0) is 23.6 Å². The molecule has 0 atom stereocenters. The zero-order valence-electron chi connectivity index (χ0n) is 13.3. The number of rotatable bonds is 3. The highest BCUT2D eigenvalue weighted by Gasteiger charge is 2.25. The SMILES string of the molecule is COc1cccc(-c2nc3c([nH]2)CN(C(=O)c2ccsc2)CC3)c1. The lowest BCUT2D eigenvalue weighted by atomic mass is 10.1. The second-order valence-corrected chi connectivity index (χ2v) is 6.51. The number of amides is 1. The number of nitrogens with zero attached hydrogens (tertiary/aromatic N) is 2. The topological polar surface area (TPSA) is 58.2 Å². The van der Waals surface area contributed by atoms with Gasteiger partial charge in [0.25, 0.3) is 5.91 Å². The third-order valence-corrected chi connectivity index (χ3v) is 4.91. The Labute approximate surface area is 143 Å². The van der Waals surface area contributed by atoms with E-state index in [1.807, 2.05) is 46.0 Å². The number of benzene rings is 1. The standard InChI is InChI=1S/C18H17N3O2S/c1-23-14-4-2-3-12(9-14)17-19-15-5-7-21(10-16(15)20-17)18(22)13-6-8-24-11-13/h2-4,6,8-9,11H,5,7,10H2,1H3,(H,19,20). The molecule has 0 radical (unpaired) electrons. The summed E-state index contributed by atoms with van der Waals surface area (Å²) in [5, 5.41) is 3.83. The van der Waals surface area contributed by atoms with Gasteiger partial charge in [0.05, 0.1) is 30.6 Å². The minimum Gasteiger partial charge on any atom is -0.497 e. The number of hydrogen-bond donors (Lipinski definition) is 1. The van der Waals surface area contributed by atoms with Crippen LogP contribution in [0.1, 0.15) is 21.7 Å². The molecule has 0 spiro atoms. The number of nitrogens with one attached hydrogen (secondary N) is 1. The summed E-state index contributed by atoms with van der Waals surface area (Å²) in [5.41, 5.74) is 3.81. The molecule has 0 unspecified atom stereocenters. The highest BCUT2D eigenvalue weighted by molar-refractivity contribution is 7.08.